The SMILES string of the molecule is CCN(CC)CCOc1ccc(NS(=O)(=O)c2cccc(CNC(C)=O)c2)cc1. The van der Waals surface area contributed by atoms with E-state index >= 15 is 0 Å². The normalized spacial score (nSPS) is 11.3. The van der Waals surface area contributed by atoms with Gasteiger partial charge in [0.1, 0.15) is 12.4 Å². The molecule has 0 aliphatic carbocycles. The molecule has 0 radical (unpaired) electrons. The monoisotopic (exact) mass is 419 g/mol. The summed E-state index contributed by atoms with van der Waals surface area (Å²) >= 11 is 0. The largest absolute Gasteiger partial charge is 0.492 e. The molecule has 0 atom stereocenters. The van der Waals surface area contributed by atoms with Gasteiger partial charge in [0.25, 0.3) is 10.0 Å². The number of anilines is 1. The highest BCUT2D eigenvalue weighted by Crippen LogP contribution is 2.20. The van der Waals surface area contributed by atoms with Gasteiger partial charge in [-0.15, -0.1) is 0 Å². The molecule has 0 saturated carbocycles. The van der Waals surface area contributed by atoms with Crippen molar-refractivity contribution in [1.82, 2.24) is 10.2 Å². The highest BCUT2D eigenvalue weighted by Gasteiger charge is 2.15. The Kier molecular flexibility index (Phi) is 8.48. The summed E-state index contributed by atoms with van der Waals surface area (Å²) in [6.07, 6.45) is 0. The Balaban J connectivity index is 1.98. The van der Waals surface area contributed by atoms with Crippen LogP contribution in [0.3, 0.4) is 0 Å². The summed E-state index contributed by atoms with van der Waals surface area (Å²) in [4.78, 5) is 13.4. The highest BCUT2D eigenvalue weighted by atomic mass is 32.2. The van der Waals surface area contributed by atoms with E-state index in [2.05, 4.69) is 28.8 Å². The van der Waals surface area contributed by atoms with Crippen LogP contribution in [-0.4, -0.2) is 45.5 Å². The van der Waals surface area contributed by atoms with Crippen LogP contribution >= 0.6 is 0 Å². The van der Waals surface area contributed by atoms with E-state index in [0.29, 0.717) is 23.6 Å². The lowest BCUT2D eigenvalue weighted by Crippen LogP contribution is -2.27. The lowest BCUT2D eigenvalue weighted by molar-refractivity contribution is -0.119. The second-order valence-electron chi connectivity index (χ2n) is 6.56. The summed E-state index contributed by atoms with van der Waals surface area (Å²) in [5.74, 6) is 0.521. The van der Waals surface area contributed by atoms with Crippen LogP contribution in [0.2, 0.25) is 0 Å². The molecule has 0 fully saturated rings. The Morgan fingerprint density at radius 2 is 1.76 bits per heavy atom. The van der Waals surface area contributed by atoms with Gasteiger partial charge in [0.2, 0.25) is 5.91 Å². The van der Waals surface area contributed by atoms with Gasteiger partial charge in [-0.05, 0) is 55.1 Å². The first-order valence-corrected chi connectivity index (χ1v) is 11.1. The average molecular weight is 420 g/mol. The van der Waals surface area contributed by atoms with Gasteiger partial charge in [0.05, 0.1) is 4.90 Å². The van der Waals surface area contributed by atoms with E-state index in [1.807, 2.05) is 0 Å². The number of likely N-dealkylation sites (N-methyl/N-ethyl adjacent to an activating group) is 1. The molecule has 2 aromatic carbocycles. The predicted octanol–water partition coefficient (Wildman–Crippen LogP) is 2.84. The molecule has 0 spiro atoms. The molecule has 0 bridgehead atoms. The van der Waals surface area contributed by atoms with Crippen molar-refractivity contribution < 1.29 is 17.9 Å². The lowest BCUT2D eigenvalue weighted by atomic mass is 10.2. The molecule has 0 aliphatic heterocycles. The van der Waals surface area contributed by atoms with E-state index in [1.54, 1.807) is 42.5 Å². The van der Waals surface area contributed by atoms with Gasteiger partial charge in [-0.1, -0.05) is 26.0 Å². The molecule has 1 amide bonds. The minimum absolute atomic E-state index is 0.139. The maximum atomic E-state index is 12.7. The molecule has 0 saturated heterocycles. The van der Waals surface area contributed by atoms with Crippen molar-refractivity contribution in [2.45, 2.75) is 32.2 Å². The van der Waals surface area contributed by atoms with Crippen LogP contribution in [0.25, 0.3) is 0 Å². The molecule has 0 unspecified atom stereocenters. The van der Waals surface area contributed by atoms with Crippen molar-refractivity contribution >= 4 is 21.6 Å². The van der Waals surface area contributed by atoms with E-state index < -0.39 is 10.0 Å². The molecule has 7 nitrogen and oxygen atoms in total. The molecular weight excluding hydrogens is 390 g/mol. The number of sulfonamides is 1. The first-order chi connectivity index (χ1) is 13.8. The number of benzene rings is 2. The number of amides is 1. The standard InChI is InChI=1S/C21H29N3O4S/c1-4-24(5-2)13-14-28-20-11-9-19(10-12-20)23-29(26,27)21-8-6-7-18(15-21)16-22-17(3)25/h6-12,15,23H,4-5,13-14,16H2,1-3H3,(H,22,25). The van der Waals surface area contributed by atoms with Crippen LogP contribution in [0.1, 0.15) is 26.3 Å². The van der Waals surface area contributed by atoms with Crippen LogP contribution in [0.5, 0.6) is 5.75 Å². The van der Waals surface area contributed by atoms with Crippen molar-refractivity contribution in [2.24, 2.45) is 0 Å². The van der Waals surface area contributed by atoms with Crippen LogP contribution in [-0.2, 0) is 21.4 Å². The molecule has 8 heteroatoms. The average Bonchev–Trinajstić information content (AvgIpc) is 2.71. The van der Waals surface area contributed by atoms with Gasteiger partial charge >= 0.3 is 0 Å². The Labute approximate surface area is 173 Å². The van der Waals surface area contributed by atoms with E-state index in [0.717, 1.165) is 19.6 Å². The van der Waals surface area contributed by atoms with Crippen LogP contribution in [0.15, 0.2) is 53.4 Å². The number of hydrogen-bond acceptors (Lipinski definition) is 5. The Bertz CT molecular complexity index is 894. The first kappa shape index (κ1) is 22.7. The van der Waals surface area contributed by atoms with Crippen molar-refractivity contribution in [2.75, 3.05) is 31.0 Å². The van der Waals surface area contributed by atoms with Crippen molar-refractivity contribution in [3.8, 4) is 5.75 Å². The zero-order chi connectivity index (χ0) is 21.3. The third-order valence-electron chi connectivity index (χ3n) is 4.43. The number of ether oxygens (including phenoxy) is 1. The van der Waals surface area contributed by atoms with Crippen LogP contribution in [0.4, 0.5) is 5.69 Å². The fraction of sp³-hybridized carbons (Fsp3) is 0.381. The smallest absolute Gasteiger partial charge is 0.261 e. The first-order valence-electron chi connectivity index (χ1n) is 9.65. The number of nitrogens with zero attached hydrogens (tertiary/aromatic N) is 1. The molecule has 2 N–H and O–H groups in total. The van der Waals surface area contributed by atoms with Gasteiger partial charge < -0.3 is 15.0 Å². The molecular formula is C21H29N3O4S. The summed E-state index contributed by atoms with van der Waals surface area (Å²) in [7, 11) is -3.73. The van der Waals surface area contributed by atoms with Crippen molar-refractivity contribution in [3.63, 3.8) is 0 Å². The molecule has 0 aliphatic rings. The molecule has 2 rings (SSSR count). The quantitative estimate of drug-likeness (QED) is 0.585. The van der Waals surface area contributed by atoms with Crippen molar-refractivity contribution in [3.05, 3.63) is 54.1 Å². The number of carbonyl (C=O) groups excluding carboxylic acids is 1. The highest BCUT2D eigenvalue weighted by molar-refractivity contribution is 7.92. The molecule has 2 aromatic rings. The number of hydrogen-bond donors (Lipinski definition) is 2. The van der Waals surface area contributed by atoms with Crippen LogP contribution < -0.4 is 14.8 Å². The maximum absolute atomic E-state index is 12.7. The zero-order valence-electron chi connectivity index (χ0n) is 17.1. The fourth-order valence-electron chi connectivity index (χ4n) is 2.71. The van der Waals surface area contributed by atoms with E-state index in [-0.39, 0.29) is 17.3 Å². The van der Waals surface area contributed by atoms with Gasteiger partial charge in [-0.2, -0.15) is 0 Å². The summed E-state index contributed by atoms with van der Waals surface area (Å²) in [6.45, 7) is 9.29. The second-order valence-corrected chi connectivity index (χ2v) is 8.24. The fourth-order valence-corrected chi connectivity index (χ4v) is 3.84. The second kappa shape index (κ2) is 10.8. The van der Waals surface area contributed by atoms with Gasteiger partial charge in [-0.25, -0.2) is 8.42 Å². The minimum atomic E-state index is -3.73. The Morgan fingerprint density at radius 3 is 2.38 bits per heavy atom. The van der Waals surface area contributed by atoms with E-state index in [1.165, 1.54) is 13.0 Å². The lowest BCUT2D eigenvalue weighted by Gasteiger charge is -2.18. The maximum Gasteiger partial charge on any atom is 0.261 e. The summed E-state index contributed by atoms with van der Waals surface area (Å²) in [6, 6.07) is 13.3. The Hall–Kier alpha value is -2.58. The number of carbonyl (C=O) groups is 1. The predicted molar refractivity (Wildman–Crippen MR) is 114 cm³/mol. The van der Waals surface area contributed by atoms with Crippen molar-refractivity contribution in [1.29, 1.82) is 0 Å². The summed E-state index contributed by atoms with van der Waals surface area (Å²) < 4.78 is 33.6. The van der Waals surface area contributed by atoms with Gasteiger partial charge in [0, 0.05) is 25.7 Å². The van der Waals surface area contributed by atoms with Gasteiger partial charge in [-0.3, -0.25) is 9.52 Å². The third kappa shape index (κ3) is 7.40. The number of rotatable bonds is 11. The number of nitrogens with one attached hydrogen (secondary N) is 2. The minimum Gasteiger partial charge on any atom is -0.492 e. The molecule has 158 valence electrons. The topological polar surface area (TPSA) is 87.7 Å². The zero-order valence-corrected chi connectivity index (χ0v) is 18.0. The van der Waals surface area contributed by atoms with E-state index in [9.17, 15) is 13.2 Å². The molecule has 0 heterocycles. The third-order valence-corrected chi connectivity index (χ3v) is 5.81. The van der Waals surface area contributed by atoms with Gasteiger partial charge in [0.15, 0.2) is 0 Å². The molecule has 0 aromatic heterocycles. The van der Waals surface area contributed by atoms with Crippen LogP contribution in [0, 0.1) is 0 Å². The van der Waals surface area contributed by atoms with E-state index in [4.69, 9.17) is 4.74 Å². The molecule has 29 heavy (non-hydrogen) atoms. The summed E-state index contributed by atoms with van der Waals surface area (Å²) in [5, 5.41) is 2.66. The Morgan fingerprint density at radius 1 is 1.07 bits per heavy atom. The summed E-state index contributed by atoms with van der Waals surface area (Å²) in [5.41, 5.74) is 1.16.